The van der Waals surface area contributed by atoms with E-state index in [1.54, 1.807) is 5.01 Å². The number of aromatic amines is 2. The molecule has 0 fully saturated rings. The van der Waals surface area contributed by atoms with Crippen molar-refractivity contribution in [1.82, 2.24) is 9.97 Å². The molecule has 0 bridgehead atoms. The highest BCUT2D eigenvalue weighted by Gasteiger charge is 2.07. The van der Waals surface area contributed by atoms with Crippen LogP contribution in [0.25, 0.3) is 21.8 Å². The Morgan fingerprint density at radius 1 is 0.700 bits per heavy atom. The first-order valence-electron chi connectivity index (χ1n) is 6.50. The van der Waals surface area contributed by atoms with Crippen molar-refractivity contribution >= 4 is 33.2 Å². The van der Waals surface area contributed by atoms with Crippen LogP contribution >= 0.6 is 0 Å². The third-order valence-corrected chi connectivity index (χ3v) is 3.63. The smallest absolute Gasteiger partial charge is 0.0596 e. The maximum Gasteiger partial charge on any atom is 0.0596 e. The monoisotopic (exact) mass is 262 g/mol. The summed E-state index contributed by atoms with van der Waals surface area (Å²) in [6.07, 6.45) is 3.86. The van der Waals surface area contributed by atoms with Crippen LogP contribution in [0, 0.1) is 0 Å². The van der Waals surface area contributed by atoms with E-state index in [0.29, 0.717) is 0 Å². The average Bonchev–Trinajstić information content (AvgIpc) is 3.13. The molecule has 2 aromatic heterocycles. The number of fused-ring (bicyclic) bond motifs is 2. The maximum atomic E-state index is 6.25. The number of H-pyrrole nitrogens is 2. The molecule has 2 aromatic carbocycles. The largest absolute Gasteiger partial charge is 0.361 e. The van der Waals surface area contributed by atoms with Crippen LogP contribution in [0.2, 0.25) is 0 Å². The molecular formula is C16H14N4. The second-order valence-electron chi connectivity index (χ2n) is 4.87. The zero-order chi connectivity index (χ0) is 13.5. The summed E-state index contributed by atoms with van der Waals surface area (Å²) in [5, 5.41) is 4.04. The number of aromatic nitrogens is 2. The van der Waals surface area contributed by atoms with Crippen LogP contribution in [-0.4, -0.2) is 9.97 Å². The SMILES string of the molecule is NN(c1ccc2[nH]ccc2c1)c1ccc2cc[nH]c2c1. The van der Waals surface area contributed by atoms with Crippen molar-refractivity contribution in [3.63, 3.8) is 0 Å². The lowest BCUT2D eigenvalue weighted by molar-refractivity contribution is 1.09. The fourth-order valence-electron chi connectivity index (χ4n) is 2.53. The molecule has 4 rings (SSSR count). The molecule has 4 heteroatoms. The molecule has 0 amide bonds. The summed E-state index contributed by atoms with van der Waals surface area (Å²) >= 11 is 0. The van der Waals surface area contributed by atoms with E-state index in [1.165, 1.54) is 5.39 Å². The van der Waals surface area contributed by atoms with E-state index in [4.69, 9.17) is 5.84 Å². The van der Waals surface area contributed by atoms with Gasteiger partial charge in [-0.2, -0.15) is 0 Å². The zero-order valence-electron chi connectivity index (χ0n) is 10.8. The summed E-state index contributed by atoms with van der Waals surface area (Å²) in [5.74, 6) is 6.25. The molecule has 4 nitrogen and oxygen atoms in total. The number of nitrogens with zero attached hydrogens (tertiary/aromatic N) is 1. The van der Waals surface area contributed by atoms with E-state index in [1.807, 2.05) is 42.7 Å². The minimum absolute atomic E-state index is 0.954. The first kappa shape index (κ1) is 11.1. The predicted molar refractivity (Wildman–Crippen MR) is 82.9 cm³/mol. The van der Waals surface area contributed by atoms with E-state index >= 15 is 0 Å². The standard InChI is InChI=1S/C16H14N4/c17-20(13-3-4-15-12(9-13)6-8-18-15)14-2-1-11-5-7-19-16(11)10-14/h1-10,18-19H,17H2. The van der Waals surface area contributed by atoms with Gasteiger partial charge in [-0.05, 0) is 47.9 Å². The highest BCUT2D eigenvalue weighted by molar-refractivity contribution is 5.87. The van der Waals surface area contributed by atoms with Crippen LogP contribution in [0.15, 0.2) is 60.9 Å². The molecule has 0 aliphatic rings. The van der Waals surface area contributed by atoms with E-state index < -0.39 is 0 Å². The minimum atomic E-state index is 0.954. The van der Waals surface area contributed by atoms with Crippen molar-refractivity contribution in [3.8, 4) is 0 Å². The summed E-state index contributed by atoms with van der Waals surface area (Å²) in [6.45, 7) is 0. The molecule has 98 valence electrons. The number of hydrogen-bond donors (Lipinski definition) is 3. The van der Waals surface area contributed by atoms with Crippen molar-refractivity contribution in [3.05, 3.63) is 60.9 Å². The molecule has 4 aromatic rings. The van der Waals surface area contributed by atoms with Gasteiger partial charge in [0.25, 0.3) is 0 Å². The first-order chi connectivity index (χ1) is 9.81. The number of benzene rings is 2. The molecule has 0 saturated heterocycles. The molecule has 4 N–H and O–H groups in total. The lowest BCUT2D eigenvalue weighted by atomic mass is 10.2. The second kappa shape index (κ2) is 4.15. The van der Waals surface area contributed by atoms with Crippen LogP contribution in [0.1, 0.15) is 0 Å². The van der Waals surface area contributed by atoms with E-state index in [9.17, 15) is 0 Å². The van der Waals surface area contributed by atoms with Gasteiger partial charge in [0.2, 0.25) is 0 Å². The molecule has 0 radical (unpaired) electrons. The van der Waals surface area contributed by atoms with E-state index in [2.05, 4.69) is 28.2 Å². The Morgan fingerprint density at radius 2 is 1.40 bits per heavy atom. The number of hydrazine groups is 1. The van der Waals surface area contributed by atoms with Gasteiger partial charge in [0.15, 0.2) is 0 Å². The molecular weight excluding hydrogens is 248 g/mol. The summed E-state index contributed by atoms with van der Waals surface area (Å²) in [4.78, 5) is 6.39. The lowest BCUT2D eigenvalue weighted by Crippen LogP contribution is -2.24. The number of anilines is 2. The van der Waals surface area contributed by atoms with Gasteiger partial charge in [0.1, 0.15) is 0 Å². The van der Waals surface area contributed by atoms with Gasteiger partial charge in [0, 0.05) is 28.8 Å². The highest BCUT2D eigenvalue weighted by atomic mass is 15.4. The van der Waals surface area contributed by atoms with Crippen LogP contribution in [0.4, 0.5) is 11.4 Å². The maximum absolute atomic E-state index is 6.25. The van der Waals surface area contributed by atoms with Gasteiger partial charge < -0.3 is 9.97 Å². The van der Waals surface area contributed by atoms with Crippen molar-refractivity contribution in [2.75, 3.05) is 5.01 Å². The van der Waals surface area contributed by atoms with Crippen LogP contribution < -0.4 is 10.9 Å². The van der Waals surface area contributed by atoms with Crippen molar-refractivity contribution in [1.29, 1.82) is 0 Å². The Morgan fingerprint density at radius 3 is 2.30 bits per heavy atom. The molecule has 0 spiro atoms. The summed E-state index contributed by atoms with van der Waals surface area (Å²) in [5.41, 5.74) is 4.11. The normalized spacial score (nSPS) is 11.2. The van der Waals surface area contributed by atoms with Crippen LogP contribution in [0.3, 0.4) is 0 Å². The third-order valence-electron chi connectivity index (χ3n) is 3.63. The predicted octanol–water partition coefficient (Wildman–Crippen LogP) is 3.66. The highest BCUT2D eigenvalue weighted by Crippen LogP contribution is 2.27. The molecule has 0 saturated carbocycles. The van der Waals surface area contributed by atoms with Crippen LogP contribution in [0.5, 0.6) is 0 Å². The van der Waals surface area contributed by atoms with E-state index in [0.717, 1.165) is 27.8 Å². The molecule has 0 unspecified atom stereocenters. The summed E-state index contributed by atoms with van der Waals surface area (Å²) in [7, 11) is 0. The number of hydrogen-bond acceptors (Lipinski definition) is 2. The quantitative estimate of drug-likeness (QED) is 0.381. The van der Waals surface area contributed by atoms with E-state index in [-0.39, 0.29) is 0 Å². The van der Waals surface area contributed by atoms with Gasteiger partial charge in [0.05, 0.1) is 11.4 Å². The van der Waals surface area contributed by atoms with Crippen molar-refractivity contribution < 1.29 is 0 Å². The number of rotatable bonds is 2. The lowest BCUT2D eigenvalue weighted by Gasteiger charge is -2.19. The summed E-state index contributed by atoms with van der Waals surface area (Å²) < 4.78 is 0. The Hall–Kier alpha value is -2.72. The minimum Gasteiger partial charge on any atom is -0.361 e. The van der Waals surface area contributed by atoms with Crippen molar-refractivity contribution in [2.24, 2.45) is 5.84 Å². The topological polar surface area (TPSA) is 60.8 Å². The molecule has 0 aliphatic carbocycles. The fraction of sp³-hybridized carbons (Fsp3) is 0. The van der Waals surface area contributed by atoms with Crippen molar-refractivity contribution in [2.45, 2.75) is 0 Å². The van der Waals surface area contributed by atoms with Gasteiger partial charge in [-0.3, -0.25) is 5.01 Å². The Bertz CT molecular complexity index is 813. The van der Waals surface area contributed by atoms with Gasteiger partial charge in [-0.15, -0.1) is 0 Å². The van der Waals surface area contributed by atoms with Gasteiger partial charge in [-0.1, -0.05) is 6.07 Å². The first-order valence-corrected chi connectivity index (χ1v) is 6.50. The number of nitrogens with two attached hydrogens (primary N) is 1. The fourth-order valence-corrected chi connectivity index (χ4v) is 2.53. The molecule has 0 atom stereocenters. The Kier molecular flexibility index (Phi) is 2.31. The van der Waals surface area contributed by atoms with Gasteiger partial charge >= 0.3 is 0 Å². The second-order valence-corrected chi connectivity index (χ2v) is 4.87. The van der Waals surface area contributed by atoms with Crippen LogP contribution in [-0.2, 0) is 0 Å². The molecule has 0 aliphatic heterocycles. The summed E-state index contributed by atoms with van der Waals surface area (Å²) in [6, 6.07) is 16.4. The molecule has 20 heavy (non-hydrogen) atoms. The Labute approximate surface area is 115 Å². The zero-order valence-corrected chi connectivity index (χ0v) is 10.8. The number of nitrogens with one attached hydrogen (secondary N) is 2. The molecule has 2 heterocycles. The Balaban J connectivity index is 1.79. The average molecular weight is 262 g/mol. The third kappa shape index (κ3) is 1.66. The van der Waals surface area contributed by atoms with Gasteiger partial charge in [-0.25, -0.2) is 5.84 Å².